The van der Waals surface area contributed by atoms with Gasteiger partial charge in [0.05, 0.1) is 12.5 Å². The monoisotopic (exact) mass is 285 g/mol. The van der Waals surface area contributed by atoms with E-state index in [9.17, 15) is 9.59 Å². The number of nitrogens with zero attached hydrogens (tertiary/aromatic N) is 1. The summed E-state index contributed by atoms with van der Waals surface area (Å²) in [6.45, 7) is 7.20. The average Bonchev–Trinajstić information content (AvgIpc) is 2.45. The molecule has 0 saturated carbocycles. The first-order valence-electron chi connectivity index (χ1n) is 6.85. The zero-order valence-electron chi connectivity index (χ0n) is 12.3. The number of esters is 1. The third-order valence-corrected chi connectivity index (χ3v) is 3.31. The Kier molecular flexibility index (Phi) is 4.58. The van der Waals surface area contributed by atoms with E-state index < -0.39 is 0 Å². The van der Waals surface area contributed by atoms with E-state index in [-0.39, 0.29) is 30.9 Å². The molecule has 1 aromatic carbocycles. The number of hydrogen-bond donors (Lipinski definition) is 0. The number of benzene rings is 1. The Bertz CT molecular complexity index is 604. The summed E-state index contributed by atoms with van der Waals surface area (Å²) < 4.78 is 5.15. The molecule has 0 N–H and O–H groups in total. The molecule has 21 heavy (non-hydrogen) atoms. The van der Waals surface area contributed by atoms with E-state index in [0.717, 1.165) is 16.7 Å². The summed E-state index contributed by atoms with van der Waals surface area (Å²) >= 11 is 0. The first-order chi connectivity index (χ1) is 9.99. The van der Waals surface area contributed by atoms with Gasteiger partial charge in [-0.3, -0.25) is 9.59 Å². The summed E-state index contributed by atoms with van der Waals surface area (Å²) in [5.74, 6) is -0.433. The predicted octanol–water partition coefficient (Wildman–Crippen LogP) is 3.07. The van der Waals surface area contributed by atoms with E-state index in [4.69, 9.17) is 4.74 Å². The van der Waals surface area contributed by atoms with Crippen LogP contribution in [0.3, 0.4) is 0 Å². The van der Waals surface area contributed by atoms with Crippen molar-refractivity contribution in [2.45, 2.75) is 26.3 Å². The minimum atomic E-state index is -0.334. The molecule has 0 fully saturated rings. The molecule has 0 aliphatic carbocycles. The van der Waals surface area contributed by atoms with Crippen molar-refractivity contribution in [3.8, 4) is 0 Å². The lowest BCUT2D eigenvalue weighted by atomic mass is 9.94. The molecule has 1 unspecified atom stereocenters. The standard InChI is InChI=1S/C17H19NO3/c1-12(2)11-21-17(20)10-16-15-7-5-4-6-14(15)8-9-18(16)13(3)19/h4-9,16H,1,10-11H2,2-3H3. The molecule has 4 heteroatoms. The van der Waals surface area contributed by atoms with Gasteiger partial charge in [0.2, 0.25) is 5.91 Å². The zero-order valence-corrected chi connectivity index (χ0v) is 12.3. The first-order valence-corrected chi connectivity index (χ1v) is 6.85. The van der Waals surface area contributed by atoms with E-state index in [1.54, 1.807) is 18.0 Å². The fourth-order valence-electron chi connectivity index (χ4n) is 2.33. The lowest BCUT2D eigenvalue weighted by molar-refractivity contribution is -0.144. The van der Waals surface area contributed by atoms with Crippen molar-refractivity contribution in [3.05, 3.63) is 53.7 Å². The van der Waals surface area contributed by atoms with E-state index in [0.29, 0.717) is 0 Å². The van der Waals surface area contributed by atoms with Crippen LogP contribution in [0.4, 0.5) is 0 Å². The highest BCUT2D eigenvalue weighted by molar-refractivity contribution is 5.80. The van der Waals surface area contributed by atoms with Gasteiger partial charge in [0.1, 0.15) is 6.61 Å². The van der Waals surface area contributed by atoms with Crippen LogP contribution in [0.1, 0.15) is 37.4 Å². The molecule has 4 nitrogen and oxygen atoms in total. The van der Waals surface area contributed by atoms with Crippen molar-refractivity contribution >= 4 is 18.0 Å². The molecule has 0 spiro atoms. The fourth-order valence-corrected chi connectivity index (χ4v) is 2.33. The third kappa shape index (κ3) is 3.60. The minimum absolute atomic E-state index is 0.0987. The van der Waals surface area contributed by atoms with Gasteiger partial charge in [0.25, 0.3) is 0 Å². The second-order valence-corrected chi connectivity index (χ2v) is 5.21. The molecular weight excluding hydrogens is 266 g/mol. The maximum Gasteiger partial charge on any atom is 0.308 e. The van der Waals surface area contributed by atoms with Crippen LogP contribution in [0.2, 0.25) is 0 Å². The Morgan fingerprint density at radius 2 is 2.00 bits per heavy atom. The molecule has 1 heterocycles. The molecule has 0 radical (unpaired) electrons. The van der Waals surface area contributed by atoms with Crippen LogP contribution in [-0.4, -0.2) is 23.4 Å². The fraction of sp³-hybridized carbons (Fsp3) is 0.294. The van der Waals surface area contributed by atoms with Crippen molar-refractivity contribution in [2.75, 3.05) is 6.61 Å². The number of fused-ring (bicyclic) bond motifs is 1. The Morgan fingerprint density at radius 1 is 1.29 bits per heavy atom. The van der Waals surface area contributed by atoms with E-state index >= 15 is 0 Å². The summed E-state index contributed by atoms with van der Waals surface area (Å²) in [6, 6.07) is 7.42. The van der Waals surface area contributed by atoms with Gasteiger partial charge in [-0.25, -0.2) is 0 Å². The SMILES string of the molecule is C=C(C)COC(=O)CC1c2ccccc2C=CN1C(C)=O. The molecule has 1 aliphatic heterocycles. The van der Waals surface area contributed by atoms with Crippen LogP contribution in [0, 0.1) is 0 Å². The topological polar surface area (TPSA) is 46.6 Å². The van der Waals surface area contributed by atoms with Crippen LogP contribution < -0.4 is 0 Å². The molecule has 1 amide bonds. The van der Waals surface area contributed by atoms with E-state index in [2.05, 4.69) is 6.58 Å². The van der Waals surface area contributed by atoms with E-state index in [1.165, 1.54) is 6.92 Å². The van der Waals surface area contributed by atoms with Crippen molar-refractivity contribution in [2.24, 2.45) is 0 Å². The van der Waals surface area contributed by atoms with E-state index in [1.807, 2.05) is 30.3 Å². The van der Waals surface area contributed by atoms with Crippen LogP contribution >= 0.6 is 0 Å². The molecule has 110 valence electrons. The number of hydrogen-bond acceptors (Lipinski definition) is 3. The van der Waals surface area contributed by atoms with Crippen molar-refractivity contribution in [1.82, 2.24) is 4.90 Å². The molecule has 0 saturated heterocycles. The molecular formula is C17H19NO3. The van der Waals surface area contributed by atoms with Gasteiger partial charge in [0, 0.05) is 13.1 Å². The highest BCUT2D eigenvalue weighted by atomic mass is 16.5. The number of ether oxygens (including phenoxy) is 1. The lowest BCUT2D eigenvalue weighted by Crippen LogP contribution is -2.32. The quantitative estimate of drug-likeness (QED) is 0.631. The van der Waals surface area contributed by atoms with Gasteiger partial charge in [-0.15, -0.1) is 0 Å². The van der Waals surface area contributed by atoms with Gasteiger partial charge < -0.3 is 9.64 Å². The zero-order chi connectivity index (χ0) is 15.4. The molecule has 2 rings (SSSR count). The summed E-state index contributed by atoms with van der Waals surface area (Å²) in [4.78, 5) is 25.3. The van der Waals surface area contributed by atoms with Crippen molar-refractivity contribution in [3.63, 3.8) is 0 Å². The van der Waals surface area contributed by atoms with Gasteiger partial charge >= 0.3 is 5.97 Å². The van der Waals surface area contributed by atoms with Gasteiger partial charge in [0.15, 0.2) is 0 Å². The minimum Gasteiger partial charge on any atom is -0.461 e. The molecule has 1 aromatic rings. The van der Waals surface area contributed by atoms with Gasteiger partial charge in [-0.05, 0) is 29.7 Å². The van der Waals surface area contributed by atoms with Crippen LogP contribution in [0.25, 0.3) is 6.08 Å². The van der Waals surface area contributed by atoms with Crippen LogP contribution in [-0.2, 0) is 14.3 Å². The second kappa shape index (κ2) is 6.39. The summed E-state index contributed by atoms with van der Waals surface area (Å²) in [5, 5.41) is 0. The maximum absolute atomic E-state index is 12.0. The number of rotatable bonds is 4. The smallest absolute Gasteiger partial charge is 0.308 e. The highest BCUT2D eigenvalue weighted by Gasteiger charge is 2.28. The predicted molar refractivity (Wildman–Crippen MR) is 81.1 cm³/mol. The van der Waals surface area contributed by atoms with Crippen molar-refractivity contribution in [1.29, 1.82) is 0 Å². The van der Waals surface area contributed by atoms with Gasteiger partial charge in [-0.2, -0.15) is 0 Å². The van der Waals surface area contributed by atoms with Crippen molar-refractivity contribution < 1.29 is 14.3 Å². The Hall–Kier alpha value is -2.36. The highest BCUT2D eigenvalue weighted by Crippen LogP contribution is 2.33. The van der Waals surface area contributed by atoms with Gasteiger partial charge in [-0.1, -0.05) is 30.8 Å². The Labute approximate surface area is 124 Å². The number of amides is 1. The third-order valence-electron chi connectivity index (χ3n) is 3.31. The Morgan fingerprint density at radius 3 is 2.67 bits per heavy atom. The lowest BCUT2D eigenvalue weighted by Gasteiger charge is -2.32. The molecule has 1 aliphatic rings. The number of carbonyl (C=O) groups is 2. The normalized spacial score (nSPS) is 16.3. The first kappa shape index (κ1) is 15.0. The maximum atomic E-state index is 12.0. The molecule has 1 atom stereocenters. The summed E-state index contributed by atoms with van der Waals surface area (Å²) in [7, 11) is 0. The van der Waals surface area contributed by atoms with Crippen LogP contribution in [0.5, 0.6) is 0 Å². The molecule has 0 bridgehead atoms. The summed E-state index contributed by atoms with van der Waals surface area (Å²) in [6.07, 6.45) is 3.74. The van der Waals surface area contributed by atoms with Crippen LogP contribution in [0.15, 0.2) is 42.6 Å². The number of carbonyl (C=O) groups excluding carboxylic acids is 2. The largest absolute Gasteiger partial charge is 0.461 e. The average molecular weight is 285 g/mol. The molecule has 0 aromatic heterocycles. The Balaban J connectivity index is 2.20. The summed E-state index contributed by atoms with van der Waals surface area (Å²) in [5.41, 5.74) is 2.77. The second-order valence-electron chi connectivity index (χ2n) is 5.21.